The lowest BCUT2D eigenvalue weighted by molar-refractivity contribution is -0.141. The molecule has 1 aliphatic heterocycles. The first kappa shape index (κ1) is 17.7. The van der Waals surface area contributed by atoms with Crippen molar-refractivity contribution in [2.45, 2.75) is 12.5 Å². The van der Waals surface area contributed by atoms with Gasteiger partial charge in [-0.25, -0.2) is 8.78 Å². The molecule has 6 heteroatoms. The van der Waals surface area contributed by atoms with Gasteiger partial charge >= 0.3 is 5.97 Å². The summed E-state index contributed by atoms with van der Waals surface area (Å²) in [6.07, 6.45) is 0. The highest BCUT2D eigenvalue weighted by Crippen LogP contribution is 2.34. The lowest BCUT2D eigenvalue weighted by Gasteiger charge is -2.17. The Hall–Kier alpha value is -2.73. The average Bonchev–Trinajstić information content (AvgIpc) is 3.17. The van der Waals surface area contributed by atoms with Gasteiger partial charge in [-0.15, -0.1) is 0 Å². The molecule has 1 aliphatic rings. The molecule has 140 valence electrons. The molecule has 0 amide bonds. The van der Waals surface area contributed by atoms with Crippen molar-refractivity contribution in [3.8, 4) is 0 Å². The van der Waals surface area contributed by atoms with Gasteiger partial charge in [-0.1, -0.05) is 12.1 Å². The van der Waals surface area contributed by atoms with Crippen LogP contribution in [0.3, 0.4) is 0 Å². The summed E-state index contributed by atoms with van der Waals surface area (Å²) in [6, 6.07) is 12.8. The van der Waals surface area contributed by atoms with E-state index < -0.39 is 11.9 Å². The van der Waals surface area contributed by atoms with E-state index in [4.69, 9.17) is 0 Å². The van der Waals surface area contributed by atoms with Crippen LogP contribution in [0.4, 0.5) is 8.78 Å². The van der Waals surface area contributed by atoms with Crippen LogP contribution < -0.4 is 0 Å². The summed E-state index contributed by atoms with van der Waals surface area (Å²) in [6.45, 7) is 1.49. The fourth-order valence-corrected chi connectivity index (χ4v) is 4.10. The third kappa shape index (κ3) is 3.32. The van der Waals surface area contributed by atoms with Crippen molar-refractivity contribution in [1.29, 1.82) is 0 Å². The van der Waals surface area contributed by atoms with Crippen molar-refractivity contribution < 1.29 is 18.7 Å². The van der Waals surface area contributed by atoms with E-state index in [1.807, 2.05) is 17.7 Å². The average molecular weight is 370 g/mol. The molecule has 3 aromatic rings. The number of halogens is 2. The number of benzene rings is 2. The molecule has 27 heavy (non-hydrogen) atoms. The third-order valence-electron chi connectivity index (χ3n) is 5.48. The van der Waals surface area contributed by atoms with E-state index in [-0.39, 0.29) is 17.6 Å². The van der Waals surface area contributed by atoms with E-state index in [2.05, 4.69) is 4.90 Å². The van der Waals surface area contributed by atoms with Gasteiger partial charge in [0.25, 0.3) is 0 Å². The van der Waals surface area contributed by atoms with E-state index in [1.54, 1.807) is 18.2 Å². The van der Waals surface area contributed by atoms with Crippen molar-refractivity contribution in [2.24, 2.45) is 13.0 Å². The van der Waals surface area contributed by atoms with Crippen LogP contribution in [-0.4, -0.2) is 33.6 Å². The Morgan fingerprint density at radius 3 is 2.63 bits per heavy atom. The highest BCUT2D eigenvalue weighted by Gasteiger charge is 2.38. The molecule has 1 saturated heterocycles. The van der Waals surface area contributed by atoms with Gasteiger partial charge in [0.1, 0.15) is 11.6 Å². The van der Waals surface area contributed by atoms with E-state index in [0.29, 0.717) is 25.2 Å². The van der Waals surface area contributed by atoms with Crippen LogP contribution in [0.5, 0.6) is 0 Å². The molecule has 0 saturated carbocycles. The number of aryl methyl sites for hydroxylation is 1. The smallest absolute Gasteiger partial charge is 0.308 e. The Balaban J connectivity index is 1.60. The molecule has 2 atom stereocenters. The monoisotopic (exact) mass is 370 g/mol. The van der Waals surface area contributed by atoms with Gasteiger partial charge in [0.2, 0.25) is 0 Å². The number of aliphatic carboxylic acids is 1. The number of fused-ring (bicyclic) bond motifs is 1. The SMILES string of the molecule is Cn1c(CN2C[C@@H](C(=O)O)[C@H](c3cccc(F)c3)C2)cc2cc(F)ccc21. The van der Waals surface area contributed by atoms with Crippen LogP contribution in [0.25, 0.3) is 10.9 Å². The number of rotatable bonds is 4. The zero-order chi connectivity index (χ0) is 19.1. The number of carboxylic acid groups (broad SMARTS) is 1. The molecule has 0 radical (unpaired) electrons. The Morgan fingerprint density at radius 2 is 1.89 bits per heavy atom. The lowest BCUT2D eigenvalue weighted by Crippen LogP contribution is -2.24. The fraction of sp³-hybridized carbons (Fsp3) is 0.286. The Kier molecular flexibility index (Phi) is 4.44. The van der Waals surface area contributed by atoms with Crippen LogP contribution in [0.15, 0.2) is 48.5 Å². The molecule has 4 nitrogen and oxygen atoms in total. The van der Waals surface area contributed by atoms with E-state index in [0.717, 1.165) is 16.6 Å². The molecule has 0 aliphatic carbocycles. The summed E-state index contributed by atoms with van der Waals surface area (Å²) in [5.41, 5.74) is 2.63. The number of carbonyl (C=O) groups is 1. The summed E-state index contributed by atoms with van der Waals surface area (Å²) in [4.78, 5) is 13.8. The number of nitrogens with zero attached hydrogens (tertiary/aromatic N) is 2. The Bertz CT molecular complexity index is 1010. The maximum atomic E-state index is 13.6. The molecule has 2 heterocycles. The zero-order valence-electron chi connectivity index (χ0n) is 14.9. The van der Waals surface area contributed by atoms with Crippen LogP contribution >= 0.6 is 0 Å². The summed E-state index contributed by atoms with van der Waals surface area (Å²) in [7, 11) is 1.92. The molecule has 0 bridgehead atoms. The van der Waals surface area contributed by atoms with Gasteiger partial charge in [0, 0.05) is 49.2 Å². The number of likely N-dealkylation sites (tertiary alicyclic amines) is 1. The minimum absolute atomic E-state index is 0.259. The first-order chi connectivity index (χ1) is 12.9. The molecule has 0 unspecified atom stereocenters. The number of hydrogen-bond donors (Lipinski definition) is 1. The van der Waals surface area contributed by atoms with Crippen molar-refractivity contribution in [2.75, 3.05) is 13.1 Å². The van der Waals surface area contributed by atoms with Crippen molar-refractivity contribution in [3.05, 3.63) is 71.4 Å². The van der Waals surface area contributed by atoms with Gasteiger partial charge in [0.15, 0.2) is 0 Å². The number of aromatic nitrogens is 1. The summed E-state index contributed by atoms with van der Waals surface area (Å²) >= 11 is 0. The first-order valence-electron chi connectivity index (χ1n) is 8.87. The lowest BCUT2D eigenvalue weighted by atomic mass is 9.89. The standard InChI is InChI=1S/C21H20F2N2O2/c1-24-17(9-14-8-16(23)5-6-20(14)24)10-25-11-18(19(12-25)21(26)27)13-3-2-4-15(22)7-13/h2-9,18-19H,10-12H2,1H3,(H,26,27)/t18-,19+/m0/s1. The minimum atomic E-state index is -0.870. The van der Waals surface area contributed by atoms with Crippen molar-refractivity contribution >= 4 is 16.9 Å². The predicted octanol–water partition coefficient (Wildman–Crippen LogP) is 3.76. The van der Waals surface area contributed by atoms with Gasteiger partial charge in [-0.3, -0.25) is 9.69 Å². The quantitative estimate of drug-likeness (QED) is 0.761. The maximum Gasteiger partial charge on any atom is 0.308 e. The maximum absolute atomic E-state index is 13.6. The zero-order valence-corrected chi connectivity index (χ0v) is 14.9. The molecular formula is C21H20F2N2O2. The number of hydrogen-bond acceptors (Lipinski definition) is 2. The highest BCUT2D eigenvalue weighted by atomic mass is 19.1. The summed E-state index contributed by atoms with van der Waals surface area (Å²) in [5, 5.41) is 10.5. The van der Waals surface area contributed by atoms with Crippen molar-refractivity contribution in [1.82, 2.24) is 9.47 Å². The first-order valence-corrected chi connectivity index (χ1v) is 8.87. The second-order valence-corrected chi connectivity index (χ2v) is 7.20. The highest BCUT2D eigenvalue weighted by molar-refractivity contribution is 5.81. The molecule has 0 spiro atoms. The van der Waals surface area contributed by atoms with E-state index in [1.165, 1.54) is 24.3 Å². The second kappa shape index (κ2) is 6.78. The van der Waals surface area contributed by atoms with Gasteiger partial charge in [-0.2, -0.15) is 0 Å². The molecule has 1 aromatic heterocycles. The number of carboxylic acids is 1. The molecule has 4 rings (SSSR count). The van der Waals surface area contributed by atoms with Gasteiger partial charge in [0.05, 0.1) is 5.92 Å². The van der Waals surface area contributed by atoms with Crippen molar-refractivity contribution in [3.63, 3.8) is 0 Å². The Labute approximate surface area is 155 Å². The second-order valence-electron chi connectivity index (χ2n) is 7.20. The molecule has 1 fully saturated rings. The molecule has 2 aromatic carbocycles. The van der Waals surface area contributed by atoms with E-state index >= 15 is 0 Å². The summed E-state index contributed by atoms with van der Waals surface area (Å²) < 4.78 is 29.1. The molecular weight excluding hydrogens is 350 g/mol. The third-order valence-corrected chi connectivity index (χ3v) is 5.48. The van der Waals surface area contributed by atoms with Crippen LogP contribution in [0.2, 0.25) is 0 Å². The summed E-state index contributed by atoms with van der Waals surface area (Å²) in [5.74, 6) is -2.35. The van der Waals surface area contributed by atoms with Gasteiger partial charge < -0.3 is 9.67 Å². The van der Waals surface area contributed by atoms with Crippen LogP contribution in [-0.2, 0) is 18.4 Å². The normalized spacial score (nSPS) is 20.4. The molecule has 1 N–H and O–H groups in total. The Morgan fingerprint density at radius 1 is 1.11 bits per heavy atom. The predicted molar refractivity (Wildman–Crippen MR) is 98.4 cm³/mol. The largest absolute Gasteiger partial charge is 0.481 e. The van der Waals surface area contributed by atoms with Gasteiger partial charge in [-0.05, 0) is 42.0 Å². The van der Waals surface area contributed by atoms with Crippen LogP contribution in [0.1, 0.15) is 17.2 Å². The fourth-order valence-electron chi connectivity index (χ4n) is 4.10. The van der Waals surface area contributed by atoms with E-state index in [9.17, 15) is 18.7 Å². The topological polar surface area (TPSA) is 45.5 Å². The van der Waals surface area contributed by atoms with Crippen LogP contribution in [0, 0.1) is 17.6 Å². The minimum Gasteiger partial charge on any atom is -0.481 e.